The predicted octanol–water partition coefficient (Wildman–Crippen LogP) is 1.71. The number of carbonyl (C=O) groups excluding carboxylic acids is 1. The van der Waals surface area contributed by atoms with Crippen LogP contribution in [0.1, 0.15) is 12.0 Å². The summed E-state index contributed by atoms with van der Waals surface area (Å²) < 4.78 is 25.9. The number of hydrogen-bond donors (Lipinski definition) is 0. The normalized spacial score (nSPS) is 11.1. The van der Waals surface area contributed by atoms with Gasteiger partial charge in [0.25, 0.3) is 0 Å². The molecule has 0 N–H and O–H groups in total. The molecule has 0 spiro atoms. The highest BCUT2D eigenvalue weighted by Gasteiger charge is 2.36. The Morgan fingerprint density at radius 3 is 2.05 bits per heavy atom. The molecule has 1 rings (SSSR count). The van der Waals surface area contributed by atoms with Crippen LogP contribution in [0.3, 0.4) is 0 Å². The lowest BCUT2D eigenvalue weighted by Gasteiger charge is -2.30. The molecule has 0 atom stereocenters. The fraction of sp³-hybridized carbons (Fsp3) is 0.500. The Hall–Kier alpha value is -1.79. The van der Waals surface area contributed by atoms with E-state index in [1.807, 2.05) is 0 Å². The van der Waals surface area contributed by atoms with E-state index >= 15 is 0 Å². The van der Waals surface area contributed by atoms with Gasteiger partial charge in [0, 0.05) is 19.8 Å². The number of methoxy groups -OCH3 is 5. The average molecular weight is 284 g/mol. The minimum atomic E-state index is -1.23. The van der Waals surface area contributed by atoms with Gasteiger partial charge in [-0.05, 0) is 18.2 Å². The van der Waals surface area contributed by atoms with Gasteiger partial charge in [0.15, 0.2) is 11.5 Å². The summed E-state index contributed by atoms with van der Waals surface area (Å²) >= 11 is 0. The molecule has 6 nitrogen and oxygen atoms in total. The van der Waals surface area contributed by atoms with Crippen LogP contribution in [0.4, 0.5) is 0 Å². The first-order valence-electron chi connectivity index (χ1n) is 5.96. The van der Waals surface area contributed by atoms with Crippen LogP contribution in [0.2, 0.25) is 0 Å². The van der Waals surface area contributed by atoms with Crippen molar-refractivity contribution in [2.24, 2.45) is 0 Å². The maximum absolute atomic E-state index is 11.6. The summed E-state index contributed by atoms with van der Waals surface area (Å²) in [5.41, 5.74) is 0.630. The second-order valence-corrected chi connectivity index (χ2v) is 3.98. The molecule has 6 heteroatoms. The lowest BCUT2D eigenvalue weighted by Crippen LogP contribution is -2.34. The maximum Gasteiger partial charge on any atom is 0.311 e. The minimum Gasteiger partial charge on any atom is -0.493 e. The minimum absolute atomic E-state index is 0.0774. The third-order valence-corrected chi connectivity index (χ3v) is 3.09. The molecule has 0 amide bonds. The van der Waals surface area contributed by atoms with Crippen LogP contribution in [0.15, 0.2) is 18.2 Å². The fourth-order valence-corrected chi connectivity index (χ4v) is 1.90. The zero-order valence-corrected chi connectivity index (χ0v) is 12.4. The molecule has 0 aromatic heterocycles. The molecule has 0 saturated heterocycles. The summed E-state index contributed by atoms with van der Waals surface area (Å²) in [7, 11) is 7.31. The topological polar surface area (TPSA) is 63.2 Å². The van der Waals surface area contributed by atoms with E-state index in [1.54, 1.807) is 25.3 Å². The van der Waals surface area contributed by atoms with Gasteiger partial charge in [-0.15, -0.1) is 0 Å². The zero-order valence-electron chi connectivity index (χ0n) is 12.4. The summed E-state index contributed by atoms with van der Waals surface area (Å²) in [5, 5.41) is 0. The van der Waals surface area contributed by atoms with Gasteiger partial charge in [-0.3, -0.25) is 4.79 Å². The highest BCUT2D eigenvalue weighted by atomic mass is 16.7. The van der Waals surface area contributed by atoms with E-state index in [1.165, 1.54) is 28.4 Å². The van der Waals surface area contributed by atoms with Crippen molar-refractivity contribution < 1.29 is 28.5 Å². The van der Waals surface area contributed by atoms with Crippen LogP contribution in [0.5, 0.6) is 11.5 Å². The monoisotopic (exact) mass is 284 g/mol. The number of rotatable bonds is 7. The van der Waals surface area contributed by atoms with E-state index in [-0.39, 0.29) is 6.42 Å². The van der Waals surface area contributed by atoms with Crippen molar-refractivity contribution >= 4 is 5.97 Å². The SMILES string of the molecule is COC(=O)CC(OC)(OC)c1ccc(OC)c(OC)c1. The molecule has 0 aliphatic rings. The molecule has 0 unspecified atom stereocenters. The first-order chi connectivity index (χ1) is 9.56. The Bertz CT molecular complexity index is 453. The van der Waals surface area contributed by atoms with E-state index < -0.39 is 11.8 Å². The predicted molar refractivity (Wildman–Crippen MR) is 71.9 cm³/mol. The summed E-state index contributed by atoms with van der Waals surface area (Å²) in [6.07, 6.45) is -0.0774. The van der Waals surface area contributed by atoms with Crippen molar-refractivity contribution in [3.05, 3.63) is 23.8 Å². The van der Waals surface area contributed by atoms with E-state index in [0.29, 0.717) is 17.1 Å². The molecule has 0 heterocycles. The van der Waals surface area contributed by atoms with Crippen LogP contribution in [0, 0.1) is 0 Å². The first-order valence-corrected chi connectivity index (χ1v) is 5.96. The molecule has 0 radical (unpaired) electrons. The van der Waals surface area contributed by atoms with Gasteiger partial charge in [-0.1, -0.05) is 0 Å². The van der Waals surface area contributed by atoms with Gasteiger partial charge in [0.2, 0.25) is 5.79 Å². The van der Waals surface area contributed by atoms with E-state index in [2.05, 4.69) is 4.74 Å². The first kappa shape index (κ1) is 16.3. The van der Waals surface area contributed by atoms with E-state index in [0.717, 1.165) is 0 Å². The van der Waals surface area contributed by atoms with Crippen molar-refractivity contribution in [1.29, 1.82) is 0 Å². The number of benzene rings is 1. The maximum atomic E-state index is 11.6. The molecule has 0 fully saturated rings. The van der Waals surface area contributed by atoms with Gasteiger partial charge < -0.3 is 23.7 Å². The second kappa shape index (κ2) is 7.12. The largest absolute Gasteiger partial charge is 0.493 e. The molecule has 0 aliphatic carbocycles. The highest BCUT2D eigenvalue weighted by Crippen LogP contribution is 2.36. The Balaban J connectivity index is 3.24. The number of hydrogen-bond acceptors (Lipinski definition) is 6. The highest BCUT2D eigenvalue weighted by molar-refractivity contribution is 5.70. The van der Waals surface area contributed by atoms with Crippen molar-refractivity contribution in [3.63, 3.8) is 0 Å². The lowest BCUT2D eigenvalue weighted by molar-refractivity contribution is -0.224. The van der Waals surface area contributed by atoms with Crippen molar-refractivity contribution in [1.82, 2.24) is 0 Å². The van der Waals surface area contributed by atoms with Crippen LogP contribution >= 0.6 is 0 Å². The quantitative estimate of drug-likeness (QED) is 0.561. The molecule has 112 valence electrons. The summed E-state index contributed by atoms with van der Waals surface area (Å²) in [6.45, 7) is 0. The lowest BCUT2D eigenvalue weighted by atomic mass is 10.0. The summed E-state index contributed by atoms with van der Waals surface area (Å²) in [6, 6.07) is 5.17. The van der Waals surface area contributed by atoms with Crippen LogP contribution in [-0.2, 0) is 24.8 Å². The molecular formula is C14H20O6. The Morgan fingerprint density at radius 2 is 1.60 bits per heavy atom. The molecule has 0 bridgehead atoms. The van der Waals surface area contributed by atoms with Gasteiger partial charge >= 0.3 is 5.97 Å². The number of ether oxygens (including phenoxy) is 5. The number of carbonyl (C=O) groups is 1. The smallest absolute Gasteiger partial charge is 0.311 e. The molecule has 0 aliphatic heterocycles. The zero-order chi connectivity index (χ0) is 15.2. The number of esters is 1. The van der Waals surface area contributed by atoms with Gasteiger partial charge in [-0.25, -0.2) is 0 Å². The second-order valence-electron chi connectivity index (χ2n) is 3.98. The fourth-order valence-electron chi connectivity index (χ4n) is 1.90. The third-order valence-electron chi connectivity index (χ3n) is 3.09. The van der Waals surface area contributed by atoms with Crippen LogP contribution in [-0.4, -0.2) is 41.5 Å². The van der Waals surface area contributed by atoms with Gasteiger partial charge in [0.1, 0.15) is 6.42 Å². The van der Waals surface area contributed by atoms with Crippen molar-refractivity contribution in [2.45, 2.75) is 12.2 Å². The standard InChI is InChI=1S/C14H20O6/c1-16-11-7-6-10(8-12(11)17-2)14(19-4,20-5)9-13(15)18-3/h6-8H,9H2,1-5H3. The molecule has 0 saturated carbocycles. The molecule has 1 aromatic rings. The van der Waals surface area contributed by atoms with Crippen LogP contribution in [0.25, 0.3) is 0 Å². The Labute approximate surface area is 118 Å². The Morgan fingerprint density at radius 1 is 1.00 bits per heavy atom. The van der Waals surface area contributed by atoms with E-state index in [4.69, 9.17) is 18.9 Å². The van der Waals surface area contributed by atoms with Gasteiger partial charge in [0.05, 0.1) is 21.3 Å². The third kappa shape index (κ3) is 3.20. The van der Waals surface area contributed by atoms with E-state index in [9.17, 15) is 4.79 Å². The molecular weight excluding hydrogens is 264 g/mol. The van der Waals surface area contributed by atoms with Crippen molar-refractivity contribution in [3.8, 4) is 11.5 Å². The van der Waals surface area contributed by atoms with Crippen molar-refractivity contribution in [2.75, 3.05) is 35.5 Å². The summed E-state index contributed by atoms with van der Waals surface area (Å²) in [4.78, 5) is 11.6. The molecule has 20 heavy (non-hydrogen) atoms. The average Bonchev–Trinajstić information content (AvgIpc) is 2.51. The van der Waals surface area contributed by atoms with Gasteiger partial charge in [-0.2, -0.15) is 0 Å². The van der Waals surface area contributed by atoms with Crippen LogP contribution < -0.4 is 9.47 Å². The summed E-state index contributed by atoms with van der Waals surface area (Å²) in [5.74, 6) is -0.570. The molecule has 1 aromatic carbocycles. The Kier molecular flexibility index (Phi) is 5.79.